The summed E-state index contributed by atoms with van der Waals surface area (Å²) in [4.78, 5) is 58.6. The van der Waals surface area contributed by atoms with Gasteiger partial charge in [-0.2, -0.15) is 0 Å². The van der Waals surface area contributed by atoms with E-state index in [-0.39, 0.29) is 31.4 Å². The predicted molar refractivity (Wildman–Crippen MR) is 168 cm³/mol. The number of esters is 1. The van der Waals surface area contributed by atoms with Crippen LogP contribution in [0.4, 0.5) is 4.79 Å². The highest BCUT2D eigenvalue weighted by atomic mass is 16.6. The molecule has 1 unspecified atom stereocenters. The van der Waals surface area contributed by atoms with E-state index < -0.39 is 34.6 Å². The molecule has 4 rings (SSSR count). The number of nitrogens with one attached hydrogen (secondary N) is 3. The standard InChI is InChI=1S/C34H44N4O6/c1-7-43-30(41)34(20-23-13-9-8-10-14-23)17-18-38(22-34)28(39)27(19-24-21-35-26-16-12-11-15-25(24)26)36-29(40)33(5,6)37-31(42)44-32(2,3)4/h8-16,21,27,35H,7,17-20,22H2,1-6H3,(H,36,40)(H,37,42)/t27-,34?/m1/s1. The number of carbonyl (C=O) groups excluding carboxylic acids is 4. The van der Waals surface area contributed by atoms with Gasteiger partial charge in [0.25, 0.3) is 0 Å². The van der Waals surface area contributed by atoms with Crippen LogP contribution in [-0.4, -0.2) is 70.6 Å². The van der Waals surface area contributed by atoms with Crippen molar-refractivity contribution < 1.29 is 28.7 Å². The van der Waals surface area contributed by atoms with Crippen LogP contribution in [0.25, 0.3) is 10.9 Å². The van der Waals surface area contributed by atoms with Gasteiger partial charge in [-0.15, -0.1) is 0 Å². The minimum Gasteiger partial charge on any atom is -0.466 e. The van der Waals surface area contributed by atoms with Crippen LogP contribution in [0.2, 0.25) is 0 Å². The second kappa shape index (κ2) is 13.1. The number of para-hydroxylation sites is 1. The number of aromatic amines is 1. The molecule has 1 aliphatic heterocycles. The average Bonchev–Trinajstić information content (AvgIpc) is 3.57. The molecular weight excluding hydrogens is 560 g/mol. The molecule has 0 aliphatic carbocycles. The van der Waals surface area contributed by atoms with E-state index in [2.05, 4.69) is 15.6 Å². The Labute approximate surface area is 258 Å². The molecule has 2 heterocycles. The summed E-state index contributed by atoms with van der Waals surface area (Å²) in [6, 6.07) is 16.5. The van der Waals surface area contributed by atoms with Crippen LogP contribution < -0.4 is 10.6 Å². The first-order chi connectivity index (χ1) is 20.7. The maximum Gasteiger partial charge on any atom is 0.408 e. The number of carbonyl (C=O) groups is 4. The molecule has 3 aromatic rings. The minimum absolute atomic E-state index is 0.166. The summed E-state index contributed by atoms with van der Waals surface area (Å²) in [6.45, 7) is 10.8. The lowest BCUT2D eigenvalue weighted by atomic mass is 9.80. The number of likely N-dealkylation sites (tertiary alicyclic amines) is 1. The first kappa shape index (κ1) is 32.6. The number of rotatable bonds is 10. The normalized spacial score (nSPS) is 17.6. The molecule has 10 heteroatoms. The third-order valence-corrected chi connectivity index (χ3v) is 7.84. The van der Waals surface area contributed by atoms with Crippen LogP contribution in [0.3, 0.4) is 0 Å². The molecule has 2 atom stereocenters. The van der Waals surface area contributed by atoms with Gasteiger partial charge in [-0.1, -0.05) is 48.5 Å². The summed E-state index contributed by atoms with van der Waals surface area (Å²) in [7, 11) is 0. The van der Waals surface area contributed by atoms with Gasteiger partial charge < -0.3 is 30.0 Å². The van der Waals surface area contributed by atoms with Crippen molar-refractivity contribution in [1.29, 1.82) is 0 Å². The molecule has 0 spiro atoms. The molecule has 1 saturated heterocycles. The Morgan fingerprint density at radius 3 is 2.36 bits per heavy atom. The van der Waals surface area contributed by atoms with Crippen molar-refractivity contribution in [1.82, 2.24) is 20.5 Å². The highest BCUT2D eigenvalue weighted by Gasteiger charge is 2.48. The molecule has 44 heavy (non-hydrogen) atoms. The van der Waals surface area contributed by atoms with Gasteiger partial charge in [-0.3, -0.25) is 14.4 Å². The lowest BCUT2D eigenvalue weighted by molar-refractivity contribution is -0.155. The van der Waals surface area contributed by atoms with Crippen molar-refractivity contribution in [3.8, 4) is 0 Å². The van der Waals surface area contributed by atoms with E-state index in [4.69, 9.17) is 9.47 Å². The fraction of sp³-hybridized carbons (Fsp3) is 0.471. The summed E-state index contributed by atoms with van der Waals surface area (Å²) in [5.74, 6) is -1.18. The highest BCUT2D eigenvalue weighted by molar-refractivity contribution is 5.94. The highest BCUT2D eigenvalue weighted by Crippen LogP contribution is 2.36. The van der Waals surface area contributed by atoms with Crippen molar-refractivity contribution in [3.05, 3.63) is 71.9 Å². The zero-order chi connectivity index (χ0) is 32.1. The van der Waals surface area contributed by atoms with Crippen molar-refractivity contribution in [2.24, 2.45) is 5.41 Å². The summed E-state index contributed by atoms with van der Waals surface area (Å²) >= 11 is 0. The minimum atomic E-state index is -1.38. The number of amides is 3. The molecule has 3 N–H and O–H groups in total. The molecule has 3 amide bonds. The summed E-state index contributed by atoms with van der Waals surface area (Å²) in [5.41, 5.74) is -0.276. The number of hydrogen-bond acceptors (Lipinski definition) is 6. The monoisotopic (exact) mass is 604 g/mol. The van der Waals surface area contributed by atoms with E-state index >= 15 is 0 Å². The average molecular weight is 605 g/mol. The number of ether oxygens (including phenoxy) is 2. The van der Waals surface area contributed by atoms with Gasteiger partial charge in [-0.25, -0.2) is 4.79 Å². The van der Waals surface area contributed by atoms with Gasteiger partial charge >= 0.3 is 12.1 Å². The molecule has 1 aliphatic rings. The molecule has 2 aromatic carbocycles. The molecule has 0 saturated carbocycles. The summed E-state index contributed by atoms with van der Waals surface area (Å²) < 4.78 is 10.9. The SMILES string of the molecule is CCOC(=O)C1(Cc2ccccc2)CCN(C(=O)[C@@H](Cc2c[nH]c3ccccc23)NC(=O)C(C)(C)NC(=O)OC(C)(C)C)C1. The maximum atomic E-state index is 14.2. The van der Waals surface area contributed by atoms with Crippen LogP contribution in [0.15, 0.2) is 60.8 Å². The quantitative estimate of drug-likeness (QED) is 0.292. The maximum absolute atomic E-state index is 14.2. The Balaban J connectivity index is 1.60. The van der Waals surface area contributed by atoms with E-state index in [1.54, 1.807) is 46.4 Å². The lowest BCUT2D eigenvalue weighted by Gasteiger charge is -2.31. The number of hydrogen-bond donors (Lipinski definition) is 3. The van der Waals surface area contributed by atoms with Crippen molar-refractivity contribution in [2.45, 2.75) is 78.0 Å². The lowest BCUT2D eigenvalue weighted by Crippen LogP contribution is -2.60. The Bertz CT molecular complexity index is 1490. The fourth-order valence-electron chi connectivity index (χ4n) is 5.61. The first-order valence-electron chi connectivity index (χ1n) is 15.1. The molecule has 10 nitrogen and oxygen atoms in total. The van der Waals surface area contributed by atoms with Gasteiger partial charge in [0, 0.05) is 36.6 Å². The smallest absolute Gasteiger partial charge is 0.408 e. The van der Waals surface area contributed by atoms with Crippen molar-refractivity contribution >= 4 is 34.8 Å². The van der Waals surface area contributed by atoms with Gasteiger partial charge in [-0.05, 0) is 71.6 Å². The number of benzene rings is 2. The van der Waals surface area contributed by atoms with Gasteiger partial charge in [0.2, 0.25) is 11.8 Å². The van der Waals surface area contributed by atoms with E-state index in [9.17, 15) is 19.2 Å². The number of fused-ring (bicyclic) bond motifs is 1. The fourth-order valence-corrected chi connectivity index (χ4v) is 5.61. The zero-order valence-corrected chi connectivity index (χ0v) is 26.5. The molecule has 1 aromatic heterocycles. The van der Waals surface area contributed by atoms with Crippen LogP contribution in [0, 0.1) is 5.41 Å². The predicted octanol–water partition coefficient (Wildman–Crippen LogP) is 4.52. The van der Waals surface area contributed by atoms with Gasteiger partial charge in [0.05, 0.1) is 12.0 Å². The van der Waals surface area contributed by atoms with Crippen LogP contribution in [0.5, 0.6) is 0 Å². The van der Waals surface area contributed by atoms with Crippen LogP contribution >= 0.6 is 0 Å². The molecular formula is C34H44N4O6. The van der Waals surface area contributed by atoms with Crippen LogP contribution in [0.1, 0.15) is 59.1 Å². The van der Waals surface area contributed by atoms with Gasteiger partial charge in [0.1, 0.15) is 17.2 Å². The van der Waals surface area contributed by atoms with E-state index in [1.165, 1.54) is 0 Å². The van der Waals surface area contributed by atoms with E-state index in [0.717, 1.165) is 22.0 Å². The molecule has 236 valence electrons. The van der Waals surface area contributed by atoms with Crippen LogP contribution in [-0.2, 0) is 36.7 Å². The first-order valence-corrected chi connectivity index (χ1v) is 15.1. The third kappa shape index (κ3) is 7.78. The van der Waals surface area contributed by atoms with Gasteiger partial charge in [0.15, 0.2) is 0 Å². The van der Waals surface area contributed by atoms with Crippen molar-refractivity contribution in [3.63, 3.8) is 0 Å². The third-order valence-electron chi connectivity index (χ3n) is 7.84. The molecule has 1 fully saturated rings. The second-order valence-corrected chi connectivity index (χ2v) is 13.0. The Morgan fingerprint density at radius 2 is 1.68 bits per heavy atom. The number of alkyl carbamates (subject to hydrolysis) is 1. The second-order valence-electron chi connectivity index (χ2n) is 13.0. The topological polar surface area (TPSA) is 130 Å². The molecule has 0 radical (unpaired) electrons. The number of H-pyrrole nitrogens is 1. The Kier molecular flexibility index (Phi) is 9.71. The number of nitrogens with zero attached hydrogens (tertiary/aromatic N) is 1. The van der Waals surface area contributed by atoms with E-state index in [1.807, 2.05) is 60.8 Å². The Morgan fingerprint density at radius 1 is 1.00 bits per heavy atom. The molecule has 0 bridgehead atoms. The number of aromatic nitrogens is 1. The Hall–Kier alpha value is -4.34. The van der Waals surface area contributed by atoms with Crippen molar-refractivity contribution in [2.75, 3.05) is 19.7 Å². The largest absolute Gasteiger partial charge is 0.466 e. The summed E-state index contributed by atoms with van der Waals surface area (Å²) in [6.07, 6.45) is 2.17. The summed E-state index contributed by atoms with van der Waals surface area (Å²) in [5, 5.41) is 6.47. The van der Waals surface area contributed by atoms with E-state index in [0.29, 0.717) is 19.4 Å². The zero-order valence-electron chi connectivity index (χ0n) is 26.5.